The van der Waals surface area contributed by atoms with Gasteiger partial charge in [0.05, 0.1) is 17.2 Å². The Morgan fingerprint density at radius 1 is 1.11 bits per heavy atom. The van der Waals surface area contributed by atoms with Gasteiger partial charge in [0.2, 0.25) is 0 Å². The van der Waals surface area contributed by atoms with Crippen molar-refractivity contribution in [3.63, 3.8) is 0 Å². The molecule has 10 nitrogen and oxygen atoms in total. The fourth-order valence-electron chi connectivity index (χ4n) is 3.61. The Hall–Kier alpha value is -4.51. The number of nitrogens with two attached hydrogens (primary N) is 1. The number of nitrogen functional groups attached to an aromatic ring is 1. The molecule has 1 amide bonds. The smallest absolute Gasteiger partial charge is 0.260 e. The van der Waals surface area contributed by atoms with E-state index in [1.54, 1.807) is 4.57 Å². The Balaban J connectivity index is 1.32. The molecule has 3 aromatic carbocycles. The van der Waals surface area contributed by atoms with Gasteiger partial charge in [-0.3, -0.25) is 4.79 Å². The average molecular weight is 546 g/mol. The quantitative estimate of drug-likeness (QED) is 0.221. The maximum absolute atomic E-state index is 12.8. The van der Waals surface area contributed by atoms with E-state index in [2.05, 4.69) is 41.8 Å². The Morgan fingerprint density at radius 2 is 1.92 bits per heavy atom. The van der Waals surface area contributed by atoms with Crippen molar-refractivity contribution in [2.24, 2.45) is 5.10 Å². The number of carbonyl (C=O) groups is 1. The topological polar surface area (TPSA) is 133 Å². The standard InChI is InChI=1S/C25H20BrN7O3/c26-18-10-11-21(35-15-16-6-2-1-3-7-16)17(12-18)13-28-30-22(34)14-33-20-9-5-4-8-19(20)29-25(33)23-24(27)32-36-31-23/h1-13H,14-15H2,(H2,27,32)(H,30,34)/b28-13-. The van der Waals surface area contributed by atoms with Crippen LogP contribution in [0.5, 0.6) is 5.75 Å². The molecule has 0 unspecified atom stereocenters. The zero-order valence-electron chi connectivity index (χ0n) is 18.8. The van der Waals surface area contributed by atoms with Gasteiger partial charge in [-0.05, 0) is 46.2 Å². The first-order chi connectivity index (χ1) is 17.6. The number of halogens is 1. The molecular weight excluding hydrogens is 526 g/mol. The molecule has 0 saturated carbocycles. The SMILES string of the molecule is Nc1nonc1-c1nc2ccccc2n1CC(=O)N/N=C\c1cc(Br)ccc1OCc1ccccc1. The van der Waals surface area contributed by atoms with Crippen molar-refractivity contribution in [3.8, 4) is 17.3 Å². The van der Waals surface area contributed by atoms with E-state index in [-0.39, 0.29) is 24.0 Å². The number of hydrogen-bond acceptors (Lipinski definition) is 8. The van der Waals surface area contributed by atoms with Crippen molar-refractivity contribution >= 4 is 44.9 Å². The van der Waals surface area contributed by atoms with Crippen LogP contribution in [-0.4, -0.2) is 32.0 Å². The highest BCUT2D eigenvalue weighted by atomic mass is 79.9. The van der Waals surface area contributed by atoms with Crippen LogP contribution < -0.4 is 15.9 Å². The molecule has 0 bridgehead atoms. The number of nitrogens with one attached hydrogen (secondary N) is 1. The highest BCUT2D eigenvalue weighted by Crippen LogP contribution is 2.26. The van der Waals surface area contributed by atoms with Gasteiger partial charge in [-0.25, -0.2) is 15.0 Å². The molecule has 0 spiro atoms. The van der Waals surface area contributed by atoms with Gasteiger partial charge in [0.1, 0.15) is 18.9 Å². The van der Waals surface area contributed by atoms with Crippen molar-refractivity contribution in [3.05, 3.63) is 88.4 Å². The highest BCUT2D eigenvalue weighted by Gasteiger charge is 2.20. The van der Waals surface area contributed by atoms with Gasteiger partial charge in [-0.15, -0.1) is 0 Å². The normalized spacial score (nSPS) is 11.2. The number of nitrogens with zero attached hydrogens (tertiary/aromatic N) is 5. The van der Waals surface area contributed by atoms with Crippen LogP contribution >= 0.6 is 15.9 Å². The zero-order chi connectivity index (χ0) is 24.9. The average Bonchev–Trinajstić information content (AvgIpc) is 3.47. The first kappa shape index (κ1) is 23.2. The minimum absolute atomic E-state index is 0.0741. The second-order valence-electron chi connectivity index (χ2n) is 7.76. The summed E-state index contributed by atoms with van der Waals surface area (Å²) in [6, 6.07) is 22.8. The Morgan fingerprint density at radius 3 is 2.72 bits per heavy atom. The highest BCUT2D eigenvalue weighted by molar-refractivity contribution is 9.10. The molecule has 0 atom stereocenters. The fraction of sp³-hybridized carbons (Fsp3) is 0.0800. The molecule has 0 fully saturated rings. The van der Waals surface area contributed by atoms with Crippen molar-refractivity contribution in [1.82, 2.24) is 25.3 Å². The number of carbonyl (C=O) groups excluding carboxylic acids is 1. The molecular formula is C25H20BrN7O3. The lowest BCUT2D eigenvalue weighted by Gasteiger charge is -2.10. The Bertz CT molecular complexity index is 1550. The molecule has 0 aliphatic rings. The minimum atomic E-state index is -0.368. The summed E-state index contributed by atoms with van der Waals surface area (Å²) < 4.78 is 13.2. The predicted molar refractivity (Wildman–Crippen MR) is 138 cm³/mol. The third-order valence-corrected chi connectivity index (χ3v) is 5.78. The molecule has 0 radical (unpaired) electrons. The van der Waals surface area contributed by atoms with E-state index in [4.69, 9.17) is 15.1 Å². The van der Waals surface area contributed by atoms with E-state index in [1.165, 1.54) is 6.21 Å². The van der Waals surface area contributed by atoms with Gasteiger partial charge in [-0.2, -0.15) is 5.10 Å². The summed E-state index contributed by atoms with van der Waals surface area (Å²) in [5, 5.41) is 11.6. The molecule has 2 aromatic heterocycles. The molecule has 5 rings (SSSR count). The molecule has 0 aliphatic heterocycles. The van der Waals surface area contributed by atoms with Crippen molar-refractivity contribution in [2.75, 3.05) is 5.73 Å². The summed E-state index contributed by atoms with van der Waals surface area (Å²) in [6.07, 6.45) is 1.54. The molecule has 180 valence electrons. The molecule has 36 heavy (non-hydrogen) atoms. The number of imidazole rings is 1. The van der Waals surface area contributed by atoms with Gasteiger partial charge < -0.3 is 15.0 Å². The molecule has 3 N–H and O–H groups in total. The zero-order valence-corrected chi connectivity index (χ0v) is 20.4. The lowest BCUT2D eigenvalue weighted by atomic mass is 10.2. The number of ether oxygens (including phenoxy) is 1. The summed E-state index contributed by atoms with van der Waals surface area (Å²) in [4.78, 5) is 17.4. The van der Waals surface area contributed by atoms with E-state index in [0.717, 1.165) is 15.6 Å². The van der Waals surface area contributed by atoms with Crippen LogP contribution in [0.25, 0.3) is 22.6 Å². The predicted octanol–water partition coefficient (Wildman–Crippen LogP) is 4.16. The molecule has 0 saturated heterocycles. The maximum atomic E-state index is 12.8. The van der Waals surface area contributed by atoms with E-state index < -0.39 is 0 Å². The number of amides is 1. The molecule has 11 heteroatoms. The number of fused-ring (bicyclic) bond motifs is 1. The first-order valence-corrected chi connectivity index (χ1v) is 11.7. The van der Waals surface area contributed by atoms with Crippen LogP contribution in [0.3, 0.4) is 0 Å². The summed E-state index contributed by atoms with van der Waals surface area (Å²) in [7, 11) is 0. The lowest BCUT2D eigenvalue weighted by Crippen LogP contribution is -2.23. The van der Waals surface area contributed by atoms with Gasteiger partial charge in [0.25, 0.3) is 5.91 Å². The summed E-state index contributed by atoms with van der Waals surface area (Å²) in [6.45, 7) is 0.335. The van der Waals surface area contributed by atoms with E-state index >= 15 is 0 Å². The number of rotatable bonds is 8. The monoisotopic (exact) mass is 545 g/mol. The van der Waals surface area contributed by atoms with E-state index in [1.807, 2.05) is 72.8 Å². The van der Waals surface area contributed by atoms with Crippen LogP contribution in [0.2, 0.25) is 0 Å². The van der Waals surface area contributed by atoms with Crippen LogP contribution in [0.15, 0.2) is 87.0 Å². The molecule has 2 heterocycles. The van der Waals surface area contributed by atoms with Crippen molar-refractivity contribution in [1.29, 1.82) is 0 Å². The maximum Gasteiger partial charge on any atom is 0.260 e. The van der Waals surface area contributed by atoms with Crippen LogP contribution in [0, 0.1) is 0 Å². The second kappa shape index (κ2) is 10.4. The van der Waals surface area contributed by atoms with Crippen molar-refractivity contribution in [2.45, 2.75) is 13.2 Å². The number of aromatic nitrogens is 4. The van der Waals surface area contributed by atoms with Gasteiger partial charge in [0.15, 0.2) is 17.3 Å². The number of hydrazone groups is 1. The van der Waals surface area contributed by atoms with Crippen LogP contribution in [0.4, 0.5) is 5.82 Å². The Labute approximate surface area is 213 Å². The van der Waals surface area contributed by atoms with Gasteiger partial charge >= 0.3 is 0 Å². The third-order valence-electron chi connectivity index (χ3n) is 5.28. The summed E-state index contributed by atoms with van der Waals surface area (Å²) >= 11 is 3.46. The molecule has 0 aliphatic carbocycles. The van der Waals surface area contributed by atoms with Gasteiger partial charge in [-0.1, -0.05) is 58.4 Å². The number of para-hydroxylation sites is 2. The Kier molecular flexibility index (Phi) is 6.72. The van der Waals surface area contributed by atoms with E-state index in [9.17, 15) is 4.79 Å². The second-order valence-corrected chi connectivity index (χ2v) is 8.67. The number of benzene rings is 3. The summed E-state index contributed by atoms with van der Waals surface area (Å²) in [5.41, 5.74) is 11.9. The van der Waals surface area contributed by atoms with Crippen molar-refractivity contribution < 1.29 is 14.2 Å². The first-order valence-electron chi connectivity index (χ1n) is 10.9. The fourth-order valence-corrected chi connectivity index (χ4v) is 3.99. The minimum Gasteiger partial charge on any atom is -0.488 e. The molecule has 5 aromatic rings. The van der Waals surface area contributed by atoms with Gasteiger partial charge in [0, 0.05) is 10.0 Å². The van der Waals surface area contributed by atoms with E-state index in [0.29, 0.717) is 29.3 Å². The number of hydrogen-bond donors (Lipinski definition) is 2. The third kappa shape index (κ3) is 5.10. The van der Waals surface area contributed by atoms with Crippen LogP contribution in [0.1, 0.15) is 11.1 Å². The lowest BCUT2D eigenvalue weighted by molar-refractivity contribution is -0.121. The number of anilines is 1. The summed E-state index contributed by atoms with van der Waals surface area (Å²) in [5.74, 6) is 0.727. The largest absolute Gasteiger partial charge is 0.488 e. The van der Waals surface area contributed by atoms with Crippen LogP contribution in [-0.2, 0) is 17.9 Å².